The van der Waals surface area contributed by atoms with E-state index in [0.29, 0.717) is 17.5 Å². The van der Waals surface area contributed by atoms with Gasteiger partial charge in [0.15, 0.2) is 5.13 Å². The largest absolute Gasteiger partial charge is 0.327 e. The van der Waals surface area contributed by atoms with Crippen LogP contribution in [-0.2, 0) is 4.79 Å². The molecule has 18 heavy (non-hydrogen) atoms. The lowest BCUT2D eigenvalue weighted by atomic mass is 10.00. The molecule has 1 heterocycles. The second-order valence-corrected chi connectivity index (χ2v) is 5.97. The number of halogens is 1. The molecule has 0 aromatic carbocycles. The molecule has 102 valence electrons. The van der Waals surface area contributed by atoms with Crippen LogP contribution in [0, 0.1) is 19.8 Å². The summed E-state index contributed by atoms with van der Waals surface area (Å²) in [6.07, 6.45) is 3.80. The first-order valence-electron chi connectivity index (χ1n) is 6.05. The van der Waals surface area contributed by atoms with Crippen molar-refractivity contribution in [3.8, 4) is 0 Å². The highest BCUT2D eigenvalue weighted by molar-refractivity contribution is 7.15. The number of carbonyl (C=O) groups excluding carboxylic acids is 1. The molecule has 0 saturated heterocycles. The minimum atomic E-state index is 0. The van der Waals surface area contributed by atoms with E-state index in [-0.39, 0.29) is 24.4 Å². The number of aryl methyl sites for hydroxylation is 2. The van der Waals surface area contributed by atoms with Crippen molar-refractivity contribution >= 4 is 34.8 Å². The van der Waals surface area contributed by atoms with Crippen LogP contribution < -0.4 is 11.1 Å². The topological polar surface area (TPSA) is 68.0 Å². The van der Waals surface area contributed by atoms with Crippen molar-refractivity contribution < 1.29 is 4.79 Å². The van der Waals surface area contributed by atoms with Crippen molar-refractivity contribution in [2.24, 2.45) is 11.7 Å². The van der Waals surface area contributed by atoms with Gasteiger partial charge in [-0.1, -0.05) is 6.42 Å². The minimum Gasteiger partial charge on any atom is -0.327 e. The highest BCUT2D eigenvalue weighted by atomic mass is 35.5. The number of hydrogen-bond donors (Lipinski definition) is 2. The molecule has 0 aliphatic heterocycles. The van der Waals surface area contributed by atoms with Crippen molar-refractivity contribution in [2.45, 2.75) is 45.6 Å². The number of carbonyl (C=O) groups is 1. The summed E-state index contributed by atoms with van der Waals surface area (Å²) in [5.41, 5.74) is 6.94. The Labute approximate surface area is 118 Å². The van der Waals surface area contributed by atoms with Crippen LogP contribution in [0.5, 0.6) is 0 Å². The first kappa shape index (κ1) is 15.4. The van der Waals surface area contributed by atoms with Crippen molar-refractivity contribution in [3.05, 3.63) is 10.6 Å². The molecule has 0 spiro atoms. The van der Waals surface area contributed by atoms with E-state index >= 15 is 0 Å². The molecule has 0 unspecified atom stereocenters. The van der Waals surface area contributed by atoms with Crippen LogP contribution in [0.2, 0.25) is 0 Å². The molecule has 1 amide bonds. The molecule has 1 saturated carbocycles. The molecule has 1 aromatic rings. The van der Waals surface area contributed by atoms with E-state index in [4.69, 9.17) is 5.73 Å². The second-order valence-electron chi connectivity index (χ2n) is 4.77. The summed E-state index contributed by atoms with van der Waals surface area (Å²) in [7, 11) is 0. The zero-order valence-electron chi connectivity index (χ0n) is 10.7. The standard InChI is InChI=1S/C12H19N3OS.ClH/c1-7-8(2)17-12(14-7)15-11(16)6-9-4-3-5-10(9)13;/h9-10H,3-6,13H2,1-2H3,(H,14,15,16);1H/t9-,10+;/m0./s1. The van der Waals surface area contributed by atoms with Gasteiger partial charge in [0, 0.05) is 17.3 Å². The maximum absolute atomic E-state index is 11.8. The predicted molar refractivity (Wildman–Crippen MR) is 77.4 cm³/mol. The van der Waals surface area contributed by atoms with Gasteiger partial charge in [0.25, 0.3) is 0 Å². The number of amides is 1. The zero-order chi connectivity index (χ0) is 12.4. The van der Waals surface area contributed by atoms with Gasteiger partial charge in [0.2, 0.25) is 5.91 Å². The van der Waals surface area contributed by atoms with Crippen LogP contribution in [-0.4, -0.2) is 16.9 Å². The maximum atomic E-state index is 11.8. The Bertz CT molecular complexity index is 402. The third-order valence-electron chi connectivity index (χ3n) is 3.44. The van der Waals surface area contributed by atoms with E-state index in [1.807, 2.05) is 13.8 Å². The fourth-order valence-electron chi connectivity index (χ4n) is 2.25. The molecule has 2 rings (SSSR count). The Morgan fingerprint density at radius 3 is 2.72 bits per heavy atom. The lowest BCUT2D eigenvalue weighted by Gasteiger charge is -2.13. The lowest BCUT2D eigenvalue weighted by Crippen LogP contribution is -2.28. The van der Waals surface area contributed by atoms with E-state index < -0.39 is 0 Å². The number of nitrogens with one attached hydrogen (secondary N) is 1. The zero-order valence-corrected chi connectivity index (χ0v) is 12.4. The molecule has 2 atom stereocenters. The number of rotatable bonds is 3. The molecule has 0 bridgehead atoms. The van der Waals surface area contributed by atoms with E-state index in [0.717, 1.165) is 29.8 Å². The van der Waals surface area contributed by atoms with E-state index in [9.17, 15) is 4.79 Å². The molecule has 1 aliphatic carbocycles. The van der Waals surface area contributed by atoms with E-state index in [1.54, 1.807) is 0 Å². The average molecular weight is 290 g/mol. The van der Waals surface area contributed by atoms with Gasteiger partial charge < -0.3 is 11.1 Å². The summed E-state index contributed by atoms with van der Waals surface area (Å²) in [6.45, 7) is 3.96. The summed E-state index contributed by atoms with van der Waals surface area (Å²) in [5.74, 6) is 0.387. The number of anilines is 1. The second kappa shape index (κ2) is 6.50. The quantitative estimate of drug-likeness (QED) is 0.899. The van der Waals surface area contributed by atoms with Crippen LogP contribution in [0.15, 0.2) is 0 Å². The van der Waals surface area contributed by atoms with Crippen LogP contribution in [0.4, 0.5) is 5.13 Å². The van der Waals surface area contributed by atoms with Gasteiger partial charge in [-0.3, -0.25) is 4.79 Å². The Morgan fingerprint density at radius 2 is 2.22 bits per heavy atom. The van der Waals surface area contributed by atoms with Crippen LogP contribution in [0.25, 0.3) is 0 Å². The Balaban J connectivity index is 0.00000162. The molecule has 1 aliphatic rings. The molecule has 1 aromatic heterocycles. The van der Waals surface area contributed by atoms with Crippen LogP contribution in [0.3, 0.4) is 0 Å². The summed E-state index contributed by atoms with van der Waals surface area (Å²) >= 11 is 1.53. The summed E-state index contributed by atoms with van der Waals surface area (Å²) < 4.78 is 0. The molecular formula is C12H20ClN3OS. The van der Waals surface area contributed by atoms with Crippen molar-refractivity contribution in [3.63, 3.8) is 0 Å². The van der Waals surface area contributed by atoms with Crippen molar-refractivity contribution in [2.75, 3.05) is 5.32 Å². The number of nitrogens with two attached hydrogens (primary N) is 1. The maximum Gasteiger partial charge on any atom is 0.226 e. The Hall–Kier alpha value is -0.650. The third kappa shape index (κ3) is 3.67. The number of aromatic nitrogens is 1. The lowest BCUT2D eigenvalue weighted by molar-refractivity contribution is -0.117. The first-order chi connectivity index (χ1) is 8.06. The van der Waals surface area contributed by atoms with Gasteiger partial charge in [-0.15, -0.1) is 23.7 Å². The SMILES string of the molecule is Cc1nc(NC(=O)C[C@@H]2CCC[C@H]2N)sc1C.Cl. The molecule has 4 nitrogen and oxygen atoms in total. The Kier molecular flexibility index (Phi) is 5.56. The fourth-order valence-corrected chi connectivity index (χ4v) is 3.08. The highest BCUT2D eigenvalue weighted by Crippen LogP contribution is 2.27. The van der Waals surface area contributed by atoms with Gasteiger partial charge in [-0.05, 0) is 32.6 Å². The van der Waals surface area contributed by atoms with Gasteiger partial charge >= 0.3 is 0 Å². The summed E-state index contributed by atoms with van der Waals surface area (Å²) in [4.78, 5) is 17.3. The number of hydrogen-bond acceptors (Lipinski definition) is 4. The molecule has 6 heteroatoms. The molecular weight excluding hydrogens is 270 g/mol. The normalized spacial score (nSPS) is 22.6. The molecule has 0 radical (unpaired) electrons. The van der Waals surface area contributed by atoms with E-state index in [2.05, 4.69) is 10.3 Å². The van der Waals surface area contributed by atoms with Gasteiger partial charge in [-0.2, -0.15) is 0 Å². The van der Waals surface area contributed by atoms with Crippen molar-refractivity contribution in [1.29, 1.82) is 0 Å². The van der Waals surface area contributed by atoms with Gasteiger partial charge in [0.05, 0.1) is 5.69 Å². The Morgan fingerprint density at radius 1 is 1.50 bits per heavy atom. The third-order valence-corrected chi connectivity index (χ3v) is 4.43. The average Bonchev–Trinajstić information content (AvgIpc) is 2.76. The van der Waals surface area contributed by atoms with Crippen LogP contribution in [0.1, 0.15) is 36.3 Å². The van der Waals surface area contributed by atoms with E-state index in [1.165, 1.54) is 11.3 Å². The number of nitrogens with zero attached hydrogens (tertiary/aromatic N) is 1. The van der Waals surface area contributed by atoms with Gasteiger partial charge in [0.1, 0.15) is 0 Å². The molecule has 3 N–H and O–H groups in total. The fraction of sp³-hybridized carbons (Fsp3) is 0.667. The molecule has 1 fully saturated rings. The van der Waals surface area contributed by atoms with Gasteiger partial charge in [-0.25, -0.2) is 4.98 Å². The van der Waals surface area contributed by atoms with Crippen molar-refractivity contribution in [1.82, 2.24) is 4.98 Å². The smallest absolute Gasteiger partial charge is 0.226 e. The summed E-state index contributed by atoms with van der Waals surface area (Å²) in [5, 5.41) is 3.57. The van der Waals surface area contributed by atoms with Crippen LogP contribution >= 0.6 is 23.7 Å². The highest BCUT2D eigenvalue weighted by Gasteiger charge is 2.26. The summed E-state index contributed by atoms with van der Waals surface area (Å²) in [6, 6.07) is 0.195. The first-order valence-corrected chi connectivity index (χ1v) is 6.87. The minimum absolute atomic E-state index is 0. The number of thiazole rings is 1. The monoisotopic (exact) mass is 289 g/mol. The predicted octanol–water partition coefficient (Wildman–Crippen LogP) is 2.64.